The molecule has 2 aliphatic rings. The van der Waals surface area contributed by atoms with Crippen LogP contribution < -0.4 is 0 Å². The molecule has 0 amide bonds. The van der Waals surface area contributed by atoms with Gasteiger partial charge in [0.15, 0.2) is 5.79 Å². The summed E-state index contributed by atoms with van der Waals surface area (Å²) in [4.78, 5) is 12.5. The van der Waals surface area contributed by atoms with Gasteiger partial charge in [0.05, 0.1) is 49.7 Å². The van der Waals surface area contributed by atoms with Crippen molar-refractivity contribution in [2.24, 2.45) is 11.8 Å². The van der Waals surface area contributed by atoms with E-state index in [9.17, 15) is 9.90 Å². The number of carbonyl (C=O) groups excluding carboxylic acids is 1. The zero-order valence-corrected chi connectivity index (χ0v) is 29.0. The summed E-state index contributed by atoms with van der Waals surface area (Å²) in [6, 6.07) is 10.3. The monoisotopic (exact) mass is 632 g/mol. The zero-order valence-electron chi connectivity index (χ0n) is 29.0. The number of hydrogen-bond acceptors (Lipinski definition) is 8. The van der Waals surface area contributed by atoms with Crippen LogP contribution in [0.3, 0.4) is 0 Å². The molecule has 3 rings (SSSR count). The number of carbonyl (C=O) groups is 1. The molecule has 1 unspecified atom stereocenters. The van der Waals surface area contributed by atoms with E-state index in [4.69, 9.17) is 28.4 Å². The Balaban J connectivity index is 1.63. The molecule has 0 saturated carbocycles. The van der Waals surface area contributed by atoms with Crippen molar-refractivity contribution >= 4 is 5.97 Å². The van der Waals surface area contributed by atoms with Gasteiger partial charge < -0.3 is 33.5 Å². The lowest BCUT2D eigenvalue weighted by Crippen LogP contribution is -2.51. The Bertz CT molecular complexity index is 1020. The van der Waals surface area contributed by atoms with E-state index >= 15 is 0 Å². The van der Waals surface area contributed by atoms with Gasteiger partial charge in [-0.2, -0.15) is 0 Å². The standard InChI is InChI=1S/C37H60O8/c1-26(2)13-12-16-30(42-25-28-14-10-9-11-15-28)20-31-18-17-27(3)34(43-31)21-33(40-7)24-37(41-8)23-29(38)19-32(44-37)22-35(39)45-36(4,5)6/h9-12,14-16,26-27,29-34,38H,13,17-25H2,1-8H3/b16-12+/t27-,29-,30-,31-,32+,33+,34+,37?/m0/s1. The van der Waals surface area contributed by atoms with Crippen LogP contribution >= 0.6 is 0 Å². The van der Waals surface area contributed by atoms with E-state index in [1.54, 1.807) is 14.2 Å². The molecular formula is C37H60O8. The van der Waals surface area contributed by atoms with Gasteiger partial charge in [0.25, 0.3) is 0 Å². The fraction of sp³-hybridized carbons (Fsp3) is 0.757. The molecule has 0 radical (unpaired) electrons. The minimum absolute atomic E-state index is 0.00287. The fourth-order valence-electron chi connectivity index (χ4n) is 6.34. The number of hydrogen-bond donors (Lipinski definition) is 1. The first-order valence-electron chi connectivity index (χ1n) is 16.9. The third-order valence-corrected chi connectivity index (χ3v) is 8.72. The topological polar surface area (TPSA) is 92.7 Å². The average molecular weight is 633 g/mol. The van der Waals surface area contributed by atoms with Crippen LogP contribution in [0, 0.1) is 11.8 Å². The predicted octanol–water partition coefficient (Wildman–Crippen LogP) is 7.16. The molecule has 2 heterocycles. The molecule has 0 aliphatic carbocycles. The van der Waals surface area contributed by atoms with Gasteiger partial charge in [-0.3, -0.25) is 4.79 Å². The summed E-state index contributed by atoms with van der Waals surface area (Å²) in [5, 5.41) is 10.8. The SMILES string of the molecule is CO[C@H](C[C@H]1O[C@H](C[C@H](/C=C/CC(C)C)OCc2ccccc2)CC[C@@H]1C)CC1(OC)C[C@@H](O)C[C@H](CC(=O)OC(C)(C)C)O1. The second kappa shape index (κ2) is 17.9. The Hall–Kier alpha value is -1.81. The highest BCUT2D eigenvalue weighted by Gasteiger charge is 2.45. The van der Waals surface area contributed by atoms with Crippen molar-refractivity contribution in [3.8, 4) is 0 Å². The average Bonchev–Trinajstić information content (AvgIpc) is 2.96. The van der Waals surface area contributed by atoms with Crippen LogP contribution in [0.15, 0.2) is 42.5 Å². The van der Waals surface area contributed by atoms with Crippen LogP contribution in [0.25, 0.3) is 0 Å². The normalized spacial score (nSPS) is 29.2. The van der Waals surface area contributed by atoms with Gasteiger partial charge in [-0.05, 0) is 57.4 Å². The highest BCUT2D eigenvalue weighted by Crippen LogP contribution is 2.38. The third kappa shape index (κ3) is 13.4. The van der Waals surface area contributed by atoms with Gasteiger partial charge in [-0.1, -0.05) is 63.3 Å². The molecule has 2 saturated heterocycles. The lowest BCUT2D eigenvalue weighted by Gasteiger charge is -2.44. The number of benzene rings is 1. The smallest absolute Gasteiger partial charge is 0.308 e. The van der Waals surface area contributed by atoms with E-state index in [0.29, 0.717) is 44.1 Å². The van der Waals surface area contributed by atoms with Crippen molar-refractivity contribution in [2.45, 2.75) is 154 Å². The molecule has 2 fully saturated rings. The van der Waals surface area contributed by atoms with Gasteiger partial charge in [0.2, 0.25) is 0 Å². The first kappa shape index (κ1) is 37.6. The van der Waals surface area contributed by atoms with Crippen LogP contribution in [-0.4, -0.2) is 73.3 Å². The number of ether oxygens (including phenoxy) is 6. The first-order valence-corrected chi connectivity index (χ1v) is 16.9. The fourth-order valence-corrected chi connectivity index (χ4v) is 6.34. The summed E-state index contributed by atoms with van der Waals surface area (Å²) >= 11 is 0. The lowest BCUT2D eigenvalue weighted by molar-refractivity contribution is -0.297. The Labute approximate surface area is 272 Å². The van der Waals surface area contributed by atoms with Crippen LogP contribution in [0.4, 0.5) is 0 Å². The Morgan fingerprint density at radius 3 is 2.49 bits per heavy atom. The van der Waals surface area contributed by atoms with Crippen molar-refractivity contribution in [3.05, 3.63) is 48.0 Å². The van der Waals surface area contributed by atoms with Crippen molar-refractivity contribution in [1.29, 1.82) is 0 Å². The highest BCUT2D eigenvalue weighted by molar-refractivity contribution is 5.70. The van der Waals surface area contributed by atoms with Gasteiger partial charge in [-0.15, -0.1) is 0 Å². The number of aliphatic hydroxyl groups is 1. The van der Waals surface area contributed by atoms with Gasteiger partial charge in [0.1, 0.15) is 5.60 Å². The Morgan fingerprint density at radius 2 is 1.84 bits per heavy atom. The van der Waals surface area contributed by atoms with E-state index in [-0.39, 0.29) is 36.8 Å². The number of allylic oxidation sites excluding steroid dienone is 1. The molecule has 0 bridgehead atoms. The second-order valence-corrected chi connectivity index (χ2v) is 14.5. The molecule has 1 aromatic carbocycles. The third-order valence-electron chi connectivity index (χ3n) is 8.72. The summed E-state index contributed by atoms with van der Waals surface area (Å²) in [5.41, 5.74) is 0.575. The molecule has 8 nitrogen and oxygen atoms in total. The molecule has 0 spiro atoms. The summed E-state index contributed by atoms with van der Waals surface area (Å²) in [7, 11) is 3.29. The van der Waals surface area contributed by atoms with Crippen molar-refractivity contribution in [1.82, 2.24) is 0 Å². The Morgan fingerprint density at radius 1 is 1.11 bits per heavy atom. The van der Waals surface area contributed by atoms with Crippen molar-refractivity contribution < 1.29 is 38.3 Å². The Kier molecular flexibility index (Phi) is 15.0. The van der Waals surface area contributed by atoms with Crippen LogP contribution in [0.1, 0.15) is 105 Å². The van der Waals surface area contributed by atoms with E-state index in [2.05, 4.69) is 45.1 Å². The van der Waals surface area contributed by atoms with Gasteiger partial charge >= 0.3 is 5.97 Å². The number of esters is 1. The number of rotatable bonds is 16. The molecule has 2 aliphatic heterocycles. The minimum atomic E-state index is -1.07. The van der Waals surface area contributed by atoms with Gasteiger partial charge in [0, 0.05) is 46.3 Å². The molecule has 1 aromatic rings. The van der Waals surface area contributed by atoms with Crippen molar-refractivity contribution in [3.63, 3.8) is 0 Å². The summed E-state index contributed by atoms with van der Waals surface area (Å²) in [6.45, 7) is 12.8. The predicted molar refractivity (Wildman–Crippen MR) is 176 cm³/mol. The largest absolute Gasteiger partial charge is 0.460 e. The lowest BCUT2D eigenvalue weighted by atomic mass is 9.86. The highest BCUT2D eigenvalue weighted by atomic mass is 16.7. The van der Waals surface area contributed by atoms with E-state index in [1.165, 1.54) is 0 Å². The van der Waals surface area contributed by atoms with E-state index in [1.807, 2.05) is 39.0 Å². The van der Waals surface area contributed by atoms with E-state index < -0.39 is 23.6 Å². The zero-order chi connectivity index (χ0) is 33.0. The molecular weight excluding hydrogens is 572 g/mol. The maximum absolute atomic E-state index is 12.5. The first-order chi connectivity index (χ1) is 21.3. The van der Waals surface area contributed by atoms with E-state index in [0.717, 1.165) is 31.2 Å². The molecule has 0 aromatic heterocycles. The minimum Gasteiger partial charge on any atom is -0.460 e. The van der Waals surface area contributed by atoms with Crippen LogP contribution in [-0.2, 0) is 39.8 Å². The number of methoxy groups -OCH3 is 2. The quantitative estimate of drug-likeness (QED) is 0.152. The molecule has 8 atom stereocenters. The maximum Gasteiger partial charge on any atom is 0.308 e. The van der Waals surface area contributed by atoms with Crippen LogP contribution in [0.5, 0.6) is 0 Å². The second-order valence-electron chi connectivity index (χ2n) is 14.5. The molecule has 1 N–H and O–H groups in total. The maximum atomic E-state index is 12.5. The molecule has 256 valence electrons. The van der Waals surface area contributed by atoms with Gasteiger partial charge in [-0.25, -0.2) is 0 Å². The van der Waals surface area contributed by atoms with Crippen molar-refractivity contribution in [2.75, 3.05) is 14.2 Å². The molecule has 8 heteroatoms. The van der Waals surface area contributed by atoms with Crippen LogP contribution in [0.2, 0.25) is 0 Å². The summed E-state index contributed by atoms with van der Waals surface area (Å²) < 4.78 is 36.9. The molecule has 45 heavy (non-hydrogen) atoms. The summed E-state index contributed by atoms with van der Waals surface area (Å²) in [6.07, 6.45) is 8.78. The number of aliphatic hydroxyl groups excluding tert-OH is 1. The summed E-state index contributed by atoms with van der Waals surface area (Å²) in [5.74, 6) is -0.457.